The zero-order chi connectivity index (χ0) is 7.49. The van der Waals surface area contributed by atoms with E-state index in [1.807, 2.05) is 7.05 Å². The average Bonchev–Trinajstić information content (AvgIpc) is 1.62. The summed E-state index contributed by atoms with van der Waals surface area (Å²) in [6.07, 6.45) is 0. The fraction of sp³-hybridized carbons (Fsp3) is 0.800. The van der Waals surface area contributed by atoms with Crippen LogP contribution in [0.4, 0.5) is 0 Å². The van der Waals surface area contributed by atoms with E-state index in [1.54, 1.807) is 0 Å². The van der Waals surface area contributed by atoms with Crippen molar-refractivity contribution < 1.29 is 0 Å². The van der Waals surface area contributed by atoms with Crippen LogP contribution in [0.15, 0.2) is 0 Å². The molecule has 9 heavy (non-hydrogen) atoms. The first kappa shape index (κ1) is 8.91. The Morgan fingerprint density at radius 2 is 1.78 bits per heavy atom. The standard InChI is InChI=1S/C5H14N2SSi/c1-6-5(8)7-9(2,3)4/h1-4H3,(H2,6,7,8). The van der Waals surface area contributed by atoms with Crippen molar-refractivity contribution in [1.82, 2.24) is 10.3 Å². The molecule has 0 spiro atoms. The molecular formula is C5H14N2SSi. The highest BCUT2D eigenvalue weighted by Crippen LogP contribution is 1.92. The van der Waals surface area contributed by atoms with Gasteiger partial charge in [0.25, 0.3) is 0 Å². The summed E-state index contributed by atoms with van der Waals surface area (Å²) in [4.78, 5) is 3.23. The van der Waals surface area contributed by atoms with Crippen molar-refractivity contribution >= 4 is 25.6 Å². The second-order valence-electron chi connectivity index (χ2n) is 2.95. The van der Waals surface area contributed by atoms with Crippen molar-refractivity contribution in [2.24, 2.45) is 0 Å². The summed E-state index contributed by atoms with van der Waals surface area (Å²) in [6, 6.07) is 0. The predicted molar refractivity (Wildman–Crippen MR) is 48.1 cm³/mol. The van der Waals surface area contributed by atoms with Gasteiger partial charge in [0.15, 0.2) is 5.11 Å². The highest BCUT2D eigenvalue weighted by Gasteiger charge is 2.12. The maximum atomic E-state index is 4.92. The molecule has 0 rings (SSSR count). The molecule has 0 aromatic rings. The molecule has 0 saturated carbocycles. The third-order valence-electron chi connectivity index (χ3n) is 0.716. The lowest BCUT2D eigenvalue weighted by Crippen LogP contribution is -2.48. The summed E-state index contributed by atoms with van der Waals surface area (Å²) >= 11 is 4.92. The van der Waals surface area contributed by atoms with Gasteiger partial charge in [0.2, 0.25) is 0 Å². The van der Waals surface area contributed by atoms with Crippen LogP contribution < -0.4 is 10.3 Å². The molecule has 0 aromatic carbocycles. The summed E-state index contributed by atoms with van der Waals surface area (Å²) in [5, 5.41) is 3.64. The van der Waals surface area contributed by atoms with E-state index in [2.05, 4.69) is 29.9 Å². The second kappa shape index (κ2) is 3.17. The summed E-state index contributed by atoms with van der Waals surface area (Å²) < 4.78 is 0. The molecule has 0 bridgehead atoms. The van der Waals surface area contributed by atoms with Crippen molar-refractivity contribution in [1.29, 1.82) is 0 Å². The summed E-state index contributed by atoms with van der Waals surface area (Å²) in [6.45, 7) is 6.62. The van der Waals surface area contributed by atoms with Gasteiger partial charge in [-0.05, 0) is 12.2 Å². The Hall–Kier alpha value is -0.0931. The van der Waals surface area contributed by atoms with E-state index >= 15 is 0 Å². The van der Waals surface area contributed by atoms with E-state index in [0.717, 1.165) is 5.11 Å². The Bertz CT molecular complexity index is 108. The number of hydrogen-bond donors (Lipinski definition) is 2. The van der Waals surface area contributed by atoms with Gasteiger partial charge in [-0.25, -0.2) is 0 Å². The second-order valence-corrected chi connectivity index (χ2v) is 8.11. The lowest BCUT2D eigenvalue weighted by atomic mass is 11.1. The highest BCUT2D eigenvalue weighted by atomic mass is 32.1. The van der Waals surface area contributed by atoms with Gasteiger partial charge >= 0.3 is 0 Å². The molecule has 2 nitrogen and oxygen atoms in total. The van der Waals surface area contributed by atoms with Crippen LogP contribution in [0.2, 0.25) is 19.6 Å². The van der Waals surface area contributed by atoms with E-state index in [1.165, 1.54) is 0 Å². The molecule has 0 heterocycles. The van der Waals surface area contributed by atoms with Crippen molar-refractivity contribution in [3.05, 3.63) is 0 Å². The first-order valence-corrected chi connectivity index (χ1v) is 6.86. The quantitative estimate of drug-likeness (QED) is 0.443. The molecular weight excluding hydrogens is 148 g/mol. The van der Waals surface area contributed by atoms with Gasteiger partial charge in [0, 0.05) is 7.05 Å². The van der Waals surface area contributed by atoms with E-state index < -0.39 is 8.24 Å². The molecule has 0 radical (unpaired) electrons. The largest absolute Gasteiger partial charge is 0.389 e. The van der Waals surface area contributed by atoms with Crippen LogP contribution in [0, 0.1) is 0 Å². The van der Waals surface area contributed by atoms with Gasteiger partial charge in [-0.15, -0.1) is 0 Å². The third-order valence-corrected chi connectivity index (χ3v) is 2.20. The Morgan fingerprint density at radius 3 is 1.89 bits per heavy atom. The number of rotatable bonds is 1. The topological polar surface area (TPSA) is 24.1 Å². The number of nitrogens with one attached hydrogen (secondary N) is 2. The molecule has 0 aliphatic carbocycles. The lowest BCUT2D eigenvalue weighted by molar-refractivity contribution is 1.13. The van der Waals surface area contributed by atoms with Crippen molar-refractivity contribution in [3.63, 3.8) is 0 Å². The number of hydrogen-bond acceptors (Lipinski definition) is 1. The first-order valence-electron chi connectivity index (χ1n) is 2.95. The van der Waals surface area contributed by atoms with Crippen molar-refractivity contribution in [3.8, 4) is 0 Å². The fourth-order valence-electron chi connectivity index (χ4n) is 0.403. The first-order chi connectivity index (χ1) is 3.95. The van der Waals surface area contributed by atoms with Crippen molar-refractivity contribution in [2.75, 3.05) is 7.05 Å². The van der Waals surface area contributed by atoms with Crippen LogP contribution in [0.25, 0.3) is 0 Å². The highest BCUT2D eigenvalue weighted by molar-refractivity contribution is 7.80. The Labute approximate surface area is 63.1 Å². The molecule has 0 amide bonds. The maximum Gasteiger partial charge on any atom is 0.157 e. The summed E-state index contributed by atoms with van der Waals surface area (Å²) in [5.74, 6) is 0. The van der Waals surface area contributed by atoms with Crippen molar-refractivity contribution in [2.45, 2.75) is 19.6 Å². The van der Waals surface area contributed by atoms with Crippen LogP contribution in [-0.2, 0) is 0 Å². The Kier molecular flexibility index (Phi) is 3.14. The van der Waals surface area contributed by atoms with Gasteiger partial charge in [0.1, 0.15) is 8.24 Å². The molecule has 2 N–H and O–H groups in total. The van der Waals surface area contributed by atoms with E-state index in [9.17, 15) is 0 Å². The summed E-state index contributed by atoms with van der Waals surface area (Å²) in [5.41, 5.74) is 0. The lowest BCUT2D eigenvalue weighted by Gasteiger charge is -2.19. The zero-order valence-electron chi connectivity index (χ0n) is 6.41. The van der Waals surface area contributed by atoms with E-state index in [0.29, 0.717) is 0 Å². The fourth-order valence-corrected chi connectivity index (χ4v) is 2.13. The van der Waals surface area contributed by atoms with Gasteiger partial charge in [-0.2, -0.15) is 0 Å². The minimum atomic E-state index is -1.19. The van der Waals surface area contributed by atoms with E-state index in [4.69, 9.17) is 12.2 Å². The molecule has 0 unspecified atom stereocenters. The normalized spacial score (nSPS) is 10.7. The molecule has 0 fully saturated rings. The predicted octanol–water partition coefficient (Wildman–Crippen LogP) is 0.915. The zero-order valence-corrected chi connectivity index (χ0v) is 8.22. The van der Waals surface area contributed by atoms with Crippen LogP contribution in [0.3, 0.4) is 0 Å². The molecule has 4 heteroatoms. The Morgan fingerprint density at radius 1 is 1.33 bits per heavy atom. The van der Waals surface area contributed by atoms with E-state index in [-0.39, 0.29) is 0 Å². The van der Waals surface area contributed by atoms with Crippen LogP contribution in [-0.4, -0.2) is 20.4 Å². The van der Waals surface area contributed by atoms with Gasteiger partial charge in [-0.1, -0.05) is 19.6 Å². The van der Waals surface area contributed by atoms with Gasteiger partial charge < -0.3 is 10.3 Å². The minimum absolute atomic E-state index is 0.758. The third kappa shape index (κ3) is 5.78. The minimum Gasteiger partial charge on any atom is -0.389 e. The smallest absolute Gasteiger partial charge is 0.157 e. The molecule has 0 aliphatic heterocycles. The Balaban J connectivity index is 3.60. The van der Waals surface area contributed by atoms with Gasteiger partial charge in [0.05, 0.1) is 0 Å². The molecule has 0 atom stereocenters. The van der Waals surface area contributed by atoms with Gasteiger partial charge in [-0.3, -0.25) is 0 Å². The molecule has 0 saturated heterocycles. The summed E-state index contributed by atoms with van der Waals surface area (Å²) in [7, 11) is 0.634. The van der Waals surface area contributed by atoms with Crippen LogP contribution in [0.5, 0.6) is 0 Å². The average molecular weight is 162 g/mol. The molecule has 54 valence electrons. The number of thiocarbonyl (C=S) groups is 1. The van der Waals surface area contributed by atoms with Crippen LogP contribution in [0.1, 0.15) is 0 Å². The molecule has 0 aromatic heterocycles. The maximum absolute atomic E-state index is 4.92. The monoisotopic (exact) mass is 162 g/mol. The molecule has 0 aliphatic rings. The van der Waals surface area contributed by atoms with Crippen LogP contribution >= 0.6 is 12.2 Å². The SMILES string of the molecule is CNC(=S)N[Si](C)(C)C.